The van der Waals surface area contributed by atoms with Crippen molar-refractivity contribution in [2.24, 2.45) is 0 Å². The number of nitrogens with zero attached hydrogens (tertiary/aromatic N) is 3. The zero-order chi connectivity index (χ0) is 27.9. The second-order valence-electron chi connectivity index (χ2n) is 8.40. The lowest BCUT2D eigenvalue weighted by atomic mass is 10.1. The first-order valence-corrected chi connectivity index (χ1v) is 12.6. The normalized spacial score (nSPS) is 11.3. The number of benzene rings is 2. The Balaban J connectivity index is 2.11. The molecule has 0 aliphatic rings. The first kappa shape index (κ1) is 29.0. The van der Waals surface area contributed by atoms with Crippen molar-refractivity contribution in [1.82, 2.24) is 9.78 Å². The van der Waals surface area contributed by atoms with Crippen LogP contribution in [0.1, 0.15) is 65.6 Å². The van der Waals surface area contributed by atoms with Gasteiger partial charge in [-0.1, -0.05) is 55.8 Å². The number of carbonyl (C=O) groups is 2. The summed E-state index contributed by atoms with van der Waals surface area (Å²) < 4.78 is 53.7. The number of alkyl halides is 3. The molecule has 0 bridgehead atoms. The number of halogens is 4. The number of carbonyl (C=O) groups excluding carboxylic acids is 2. The molecule has 1 heterocycles. The molecule has 204 valence electrons. The van der Waals surface area contributed by atoms with E-state index in [2.05, 4.69) is 5.10 Å². The maximum absolute atomic E-state index is 14.2. The van der Waals surface area contributed by atoms with Crippen LogP contribution in [0.3, 0.4) is 0 Å². The lowest BCUT2D eigenvalue weighted by Crippen LogP contribution is -2.25. The van der Waals surface area contributed by atoms with Crippen LogP contribution in [0.15, 0.2) is 48.5 Å². The van der Waals surface area contributed by atoms with Crippen LogP contribution < -0.4 is 4.90 Å². The average Bonchev–Trinajstić information content (AvgIpc) is 3.24. The number of anilines is 1. The molecular weight excluding hydrogens is 523 g/mol. The van der Waals surface area contributed by atoms with E-state index in [1.165, 1.54) is 12.1 Å². The molecule has 0 atom stereocenters. The van der Waals surface area contributed by atoms with E-state index in [0.29, 0.717) is 30.6 Å². The Labute approximate surface area is 224 Å². The number of hydrogen-bond donors (Lipinski definition) is 0. The Morgan fingerprint density at radius 2 is 1.63 bits per heavy atom. The van der Waals surface area contributed by atoms with Crippen molar-refractivity contribution in [2.45, 2.75) is 46.4 Å². The van der Waals surface area contributed by atoms with Crippen LogP contribution in [0.2, 0.25) is 5.02 Å². The van der Waals surface area contributed by atoms with Crippen molar-refractivity contribution in [3.8, 4) is 5.69 Å². The van der Waals surface area contributed by atoms with Crippen molar-refractivity contribution in [3.63, 3.8) is 0 Å². The first-order chi connectivity index (χ1) is 18.1. The molecule has 0 fully saturated rings. The molecule has 11 heteroatoms. The fourth-order valence-electron chi connectivity index (χ4n) is 3.90. The van der Waals surface area contributed by atoms with Gasteiger partial charge in [-0.3, -0.25) is 0 Å². The number of ether oxygens (including phenoxy) is 2. The molecule has 0 saturated carbocycles. The summed E-state index contributed by atoms with van der Waals surface area (Å²) in [5.74, 6) is -1.71. The van der Waals surface area contributed by atoms with Crippen LogP contribution in [-0.4, -0.2) is 41.4 Å². The zero-order valence-electron chi connectivity index (χ0n) is 21.3. The summed E-state index contributed by atoms with van der Waals surface area (Å²) in [5.41, 5.74) is -1.01. The molecule has 0 aliphatic heterocycles. The highest BCUT2D eigenvalue weighted by Crippen LogP contribution is 2.41. The van der Waals surface area contributed by atoms with E-state index in [1.54, 1.807) is 36.1 Å². The minimum Gasteiger partial charge on any atom is -0.462 e. The van der Waals surface area contributed by atoms with Crippen LogP contribution in [-0.2, 0) is 22.3 Å². The van der Waals surface area contributed by atoms with Crippen LogP contribution in [0.25, 0.3) is 5.69 Å². The minimum atomic E-state index is -4.88. The van der Waals surface area contributed by atoms with Gasteiger partial charge in [0.1, 0.15) is 11.6 Å². The molecule has 0 amide bonds. The van der Waals surface area contributed by atoms with Gasteiger partial charge >= 0.3 is 18.1 Å². The van der Waals surface area contributed by atoms with E-state index in [-0.39, 0.29) is 35.8 Å². The highest BCUT2D eigenvalue weighted by molar-refractivity contribution is 6.33. The number of hydrogen-bond acceptors (Lipinski definition) is 6. The third kappa shape index (κ3) is 6.66. The second-order valence-corrected chi connectivity index (χ2v) is 8.77. The van der Waals surface area contributed by atoms with Crippen LogP contribution in [0.5, 0.6) is 0 Å². The Morgan fingerprint density at radius 3 is 2.21 bits per heavy atom. The summed E-state index contributed by atoms with van der Waals surface area (Å²) >= 11 is 6.27. The van der Waals surface area contributed by atoms with Crippen molar-refractivity contribution in [1.29, 1.82) is 0 Å². The van der Waals surface area contributed by atoms with Gasteiger partial charge in [-0.25, -0.2) is 14.3 Å². The Bertz CT molecular complexity index is 1260. The molecule has 0 N–H and O–H groups in total. The summed E-state index contributed by atoms with van der Waals surface area (Å²) in [5, 5.41) is 3.64. The van der Waals surface area contributed by atoms with Gasteiger partial charge in [0.05, 0.1) is 23.4 Å². The van der Waals surface area contributed by atoms with Gasteiger partial charge in [0, 0.05) is 13.1 Å². The minimum absolute atomic E-state index is 0.0167. The second kappa shape index (κ2) is 12.8. The number of rotatable bonds is 11. The van der Waals surface area contributed by atoms with Gasteiger partial charge in [0.25, 0.3) is 0 Å². The SMILES string of the molecule is CCCN(CCC)c1nn(-c2ccc(C(=O)OCc3ccccc3)cc2C(=O)OCC)c(C(F)(F)F)c1Cl. The molecule has 0 spiro atoms. The summed E-state index contributed by atoms with van der Waals surface area (Å²) in [6.07, 6.45) is -3.55. The predicted molar refractivity (Wildman–Crippen MR) is 138 cm³/mol. The molecule has 2 aromatic carbocycles. The van der Waals surface area contributed by atoms with Crippen molar-refractivity contribution in [2.75, 3.05) is 24.6 Å². The molecule has 0 radical (unpaired) electrons. The summed E-state index contributed by atoms with van der Waals surface area (Å²) in [6, 6.07) is 12.6. The third-order valence-corrected chi connectivity index (χ3v) is 5.88. The molecule has 0 saturated heterocycles. The van der Waals surface area contributed by atoms with Gasteiger partial charge in [-0.15, -0.1) is 5.10 Å². The third-order valence-electron chi connectivity index (χ3n) is 5.53. The standard InChI is InChI=1S/C27H29ClF3N3O4/c1-4-14-33(15-5-2)24-22(28)23(27(29,30)31)34(32-24)21-13-12-19(16-20(21)26(36)37-6-3)25(35)38-17-18-10-8-7-9-11-18/h7-13,16H,4-6,14-15,17H2,1-3H3. The molecule has 3 rings (SSSR count). The maximum Gasteiger partial charge on any atom is 0.435 e. The smallest absolute Gasteiger partial charge is 0.435 e. The van der Waals surface area contributed by atoms with Gasteiger partial charge in [-0.05, 0) is 43.5 Å². The first-order valence-electron chi connectivity index (χ1n) is 12.3. The van der Waals surface area contributed by atoms with Crippen LogP contribution in [0, 0.1) is 0 Å². The highest BCUT2D eigenvalue weighted by Gasteiger charge is 2.42. The number of esters is 2. The Kier molecular flexibility index (Phi) is 9.79. The quantitative estimate of drug-likeness (QED) is 0.247. The molecule has 0 unspecified atom stereocenters. The summed E-state index contributed by atoms with van der Waals surface area (Å²) in [6.45, 7) is 6.19. The monoisotopic (exact) mass is 551 g/mol. The van der Waals surface area contributed by atoms with Crippen molar-refractivity contribution < 1.29 is 32.2 Å². The van der Waals surface area contributed by atoms with Crippen LogP contribution in [0.4, 0.5) is 19.0 Å². The van der Waals surface area contributed by atoms with Crippen molar-refractivity contribution >= 4 is 29.4 Å². The highest BCUT2D eigenvalue weighted by atomic mass is 35.5. The van der Waals surface area contributed by atoms with Gasteiger partial charge in [-0.2, -0.15) is 13.2 Å². The number of aromatic nitrogens is 2. The summed E-state index contributed by atoms with van der Waals surface area (Å²) in [4.78, 5) is 27.2. The molecule has 0 aliphatic carbocycles. The van der Waals surface area contributed by atoms with Gasteiger partial charge in [0.2, 0.25) is 0 Å². The maximum atomic E-state index is 14.2. The molecule has 38 heavy (non-hydrogen) atoms. The Morgan fingerprint density at radius 1 is 0.974 bits per heavy atom. The van der Waals surface area contributed by atoms with Crippen molar-refractivity contribution in [3.05, 3.63) is 75.9 Å². The fraction of sp³-hybridized carbons (Fsp3) is 0.370. The van der Waals surface area contributed by atoms with E-state index in [4.69, 9.17) is 21.1 Å². The van der Waals surface area contributed by atoms with E-state index < -0.39 is 28.8 Å². The lowest BCUT2D eigenvalue weighted by Gasteiger charge is -2.21. The average molecular weight is 552 g/mol. The van der Waals surface area contributed by atoms with E-state index in [1.807, 2.05) is 19.9 Å². The molecule has 7 nitrogen and oxygen atoms in total. The van der Waals surface area contributed by atoms with E-state index in [0.717, 1.165) is 11.6 Å². The van der Waals surface area contributed by atoms with E-state index >= 15 is 0 Å². The fourth-order valence-corrected chi connectivity index (χ4v) is 4.24. The molecule has 3 aromatic rings. The van der Waals surface area contributed by atoms with Gasteiger partial charge < -0.3 is 14.4 Å². The zero-order valence-corrected chi connectivity index (χ0v) is 22.1. The molecular formula is C27H29ClF3N3O4. The molecule has 1 aromatic heterocycles. The predicted octanol–water partition coefficient (Wildman–Crippen LogP) is 6.70. The van der Waals surface area contributed by atoms with Gasteiger partial charge in [0.15, 0.2) is 11.5 Å². The lowest BCUT2D eigenvalue weighted by molar-refractivity contribution is -0.142. The van der Waals surface area contributed by atoms with Crippen LogP contribution >= 0.6 is 11.6 Å². The summed E-state index contributed by atoms with van der Waals surface area (Å²) in [7, 11) is 0. The van der Waals surface area contributed by atoms with E-state index in [9.17, 15) is 22.8 Å². The largest absolute Gasteiger partial charge is 0.462 e. The topological polar surface area (TPSA) is 73.7 Å². The Hall–Kier alpha value is -3.53.